The Labute approximate surface area is 73.4 Å². The van der Waals surface area contributed by atoms with E-state index >= 15 is 0 Å². The fourth-order valence-electron chi connectivity index (χ4n) is 1.23. The molecule has 0 spiro atoms. The molecule has 0 bridgehead atoms. The quantitative estimate of drug-likeness (QED) is 0.724. The summed E-state index contributed by atoms with van der Waals surface area (Å²) in [6, 6.07) is 10.1. The third kappa shape index (κ3) is 2.21. The molecule has 0 saturated carbocycles. The molecular formula is C11H14O. The molecule has 0 heterocycles. The SMILES string of the molecule is C/C=C(/CCO)c1ccccc1. The molecule has 0 unspecified atom stereocenters. The van der Waals surface area contributed by atoms with E-state index in [-0.39, 0.29) is 6.61 Å². The second-order valence-electron chi connectivity index (χ2n) is 2.65. The first-order valence-electron chi connectivity index (χ1n) is 4.20. The Morgan fingerprint density at radius 3 is 2.50 bits per heavy atom. The van der Waals surface area contributed by atoms with Crippen molar-refractivity contribution in [2.24, 2.45) is 0 Å². The first-order chi connectivity index (χ1) is 5.88. The van der Waals surface area contributed by atoms with Crippen molar-refractivity contribution in [3.8, 4) is 0 Å². The first-order valence-corrected chi connectivity index (χ1v) is 4.20. The lowest BCUT2D eigenvalue weighted by Crippen LogP contribution is -1.87. The van der Waals surface area contributed by atoms with Crippen LogP contribution in [0.5, 0.6) is 0 Å². The van der Waals surface area contributed by atoms with E-state index in [9.17, 15) is 0 Å². The van der Waals surface area contributed by atoms with Gasteiger partial charge in [-0.2, -0.15) is 0 Å². The van der Waals surface area contributed by atoms with Crippen molar-refractivity contribution >= 4 is 5.57 Å². The summed E-state index contributed by atoms with van der Waals surface area (Å²) in [5.74, 6) is 0. The number of rotatable bonds is 3. The highest BCUT2D eigenvalue weighted by atomic mass is 16.2. The van der Waals surface area contributed by atoms with E-state index in [1.165, 1.54) is 11.1 Å². The minimum atomic E-state index is 0.217. The summed E-state index contributed by atoms with van der Waals surface area (Å²) in [7, 11) is 0. The molecule has 1 heteroatoms. The second kappa shape index (κ2) is 4.73. The van der Waals surface area contributed by atoms with Gasteiger partial charge in [-0.05, 0) is 24.5 Å². The number of aliphatic hydroxyl groups is 1. The Bertz CT molecular complexity index is 249. The Morgan fingerprint density at radius 2 is 2.00 bits per heavy atom. The van der Waals surface area contributed by atoms with Crippen LogP contribution in [0.1, 0.15) is 18.9 Å². The zero-order chi connectivity index (χ0) is 8.81. The predicted molar refractivity (Wildman–Crippen MR) is 51.8 cm³/mol. The van der Waals surface area contributed by atoms with Crippen LogP contribution in [-0.4, -0.2) is 11.7 Å². The fourth-order valence-corrected chi connectivity index (χ4v) is 1.23. The molecule has 12 heavy (non-hydrogen) atoms. The summed E-state index contributed by atoms with van der Waals surface area (Å²) in [6.07, 6.45) is 2.78. The molecule has 0 saturated heterocycles. The van der Waals surface area contributed by atoms with Crippen LogP contribution in [0, 0.1) is 0 Å². The van der Waals surface area contributed by atoms with Crippen molar-refractivity contribution in [1.82, 2.24) is 0 Å². The third-order valence-corrected chi connectivity index (χ3v) is 1.87. The van der Waals surface area contributed by atoms with Gasteiger partial charge in [-0.15, -0.1) is 0 Å². The molecule has 1 aromatic rings. The maximum absolute atomic E-state index is 8.79. The van der Waals surface area contributed by atoms with Crippen molar-refractivity contribution in [3.05, 3.63) is 42.0 Å². The number of hydrogen-bond donors (Lipinski definition) is 1. The van der Waals surface area contributed by atoms with Gasteiger partial charge in [-0.3, -0.25) is 0 Å². The molecule has 1 N–H and O–H groups in total. The Hall–Kier alpha value is -1.08. The zero-order valence-corrected chi connectivity index (χ0v) is 7.33. The van der Waals surface area contributed by atoms with Gasteiger partial charge < -0.3 is 5.11 Å². The van der Waals surface area contributed by atoms with Crippen LogP contribution in [0.2, 0.25) is 0 Å². The number of benzene rings is 1. The second-order valence-corrected chi connectivity index (χ2v) is 2.65. The van der Waals surface area contributed by atoms with E-state index in [0.717, 1.165) is 6.42 Å². The summed E-state index contributed by atoms with van der Waals surface area (Å²) in [6.45, 7) is 2.21. The van der Waals surface area contributed by atoms with Crippen molar-refractivity contribution in [2.45, 2.75) is 13.3 Å². The molecule has 0 fully saturated rings. The minimum absolute atomic E-state index is 0.217. The largest absolute Gasteiger partial charge is 0.396 e. The highest BCUT2D eigenvalue weighted by Gasteiger charge is 1.97. The molecule has 0 amide bonds. The van der Waals surface area contributed by atoms with Crippen LogP contribution in [0.3, 0.4) is 0 Å². The van der Waals surface area contributed by atoms with E-state index in [2.05, 4.69) is 12.1 Å². The van der Waals surface area contributed by atoms with Gasteiger partial charge in [0.15, 0.2) is 0 Å². The van der Waals surface area contributed by atoms with Crippen molar-refractivity contribution in [2.75, 3.05) is 6.61 Å². The molecule has 0 atom stereocenters. The molecule has 0 aliphatic rings. The molecule has 1 nitrogen and oxygen atoms in total. The Balaban J connectivity index is 2.82. The fraction of sp³-hybridized carbons (Fsp3) is 0.273. The lowest BCUT2D eigenvalue weighted by Gasteiger charge is -2.03. The molecule has 1 aromatic carbocycles. The number of aliphatic hydroxyl groups excluding tert-OH is 1. The number of hydrogen-bond acceptors (Lipinski definition) is 1. The van der Waals surface area contributed by atoms with Gasteiger partial charge in [0.2, 0.25) is 0 Å². The average Bonchev–Trinajstić information content (AvgIpc) is 2.15. The third-order valence-electron chi connectivity index (χ3n) is 1.87. The van der Waals surface area contributed by atoms with Gasteiger partial charge in [0, 0.05) is 6.61 Å². The standard InChI is InChI=1S/C11H14O/c1-2-10(8-9-12)11-6-4-3-5-7-11/h2-7,12H,8-9H2,1H3/b10-2-. The highest BCUT2D eigenvalue weighted by Crippen LogP contribution is 2.16. The van der Waals surface area contributed by atoms with E-state index in [1.807, 2.05) is 31.2 Å². The van der Waals surface area contributed by atoms with Gasteiger partial charge >= 0.3 is 0 Å². The first kappa shape index (κ1) is 9.01. The van der Waals surface area contributed by atoms with Gasteiger partial charge in [0.05, 0.1) is 0 Å². The summed E-state index contributed by atoms with van der Waals surface area (Å²) < 4.78 is 0. The monoisotopic (exact) mass is 162 g/mol. The summed E-state index contributed by atoms with van der Waals surface area (Å²) in [4.78, 5) is 0. The number of allylic oxidation sites excluding steroid dienone is 1. The van der Waals surface area contributed by atoms with Crippen molar-refractivity contribution < 1.29 is 5.11 Å². The van der Waals surface area contributed by atoms with E-state index in [0.29, 0.717) is 0 Å². The molecule has 0 aromatic heterocycles. The molecule has 64 valence electrons. The van der Waals surface area contributed by atoms with Crippen molar-refractivity contribution in [3.63, 3.8) is 0 Å². The van der Waals surface area contributed by atoms with Gasteiger partial charge in [-0.25, -0.2) is 0 Å². The summed E-state index contributed by atoms with van der Waals surface area (Å²) >= 11 is 0. The topological polar surface area (TPSA) is 20.2 Å². The van der Waals surface area contributed by atoms with Gasteiger partial charge in [0.1, 0.15) is 0 Å². The van der Waals surface area contributed by atoms with E-state index in [1.54, 1.807) is 0 Å². The molecule has 1 rings (SSSR count). The van der Waals surface area contributed by atoms with Crippen LogP contribution in [-0.2, 0) is 0 Å². The van der Waals surface area contributed by atoms with E-state index < -0.39 is 0 Å². The molecule has 0 aliphatic carbocycles. The zero-order valence-electron chi connectivity index (χ0n) is 7.33. The Morgan fingerprint density at radius 1 is 1.33 bits per heavy atom. The lowest BCUT2D eigenvalue weighted by molar-refractivity contribution is 0.305. The maximum atomic E-state index is 8.79. The minimum Gasteiger partial charge on any atom is -0.396 e. The lowest BCUT2D eigenvalue weighted by atomic mass is 10.0. The smallest absolute Gasteiger partial charge is 0.0471 e. The predicted octanol–water partition coefficient (Wildman–Crippen LogP) is 2.47. The van der Waals surface area contributed by atoms with Crippen LogP contribution in [0.25, 0.3) is 5.57 Å². The van der Waals surface area contributed by atoms with Crippen LogP contribution < -0.4 is 0 Å². The van der Waals surface area contributed by atoms with Gasteiger partial charge in [-0.1, -0.05) is 36.4 Å². The molecule has 0 radical (unpaired) electrons. The molecular weight excluding hydrogens is 148 g/mol. The maximum Gasteiger partial charge on any atom is 0.0471 e. The summed E-state index contributed by atoms with van der Waals surface area (Å²) in [5.41, 5.74) is 2.41. The van der Waals surface area contributed by atoms with Crippen molar-refractivity contribution in [1.29, 1.82) is 0 Å². The van der Waals surface area contributed by atoms with Crippen LogP contribution in [0.4, 0.5) is 0 Å². The highest BCUT2D eigenvalue weighted by molar-refractivity contribution is 5.65. The molecule has 0 aliphatic heterocycles. The van der Waals surface area contributed by atoms with Gasteiger partial charge in [0.25, 0.3) is 0 Å². The average molecular weight is 162 g/mol. The van der Waals surface area contributed by atoms with Crippen LogP contribution in [0.15, 0.2) is 36.4 Å². The summed E-state index contributed by atoms with van der Waals surface area (Å²) in [5, 5.41) is 8.79. The van der Waals surface area contributed by atoms with E-state index in [4.69, 9.17) is 5.11 Å². The Kier molecular flexibility index (Phi) is 3.55. The normalized spacial score (nSPS) is 11.7. The van der Waals surface area contributed by atoms with Crippen LogP contribution >= 0.6 is 0 Å².